The van der Waals surface area contributed by atoms with E-state index in [0.29, 0.717) is 13.1 Å². The zero-order valence-corrected chi connectivity index (χ0v) is 19.0. The fourth-order valence-electron chi connectivity index (χ4n) is 2.43. The van der Waals surface area contributed by atoms with Gasteiger partial charge in [-0.3, -0.25) is 4.57 Å². The second-order valence-electron chi connectivity index (χ2n) is 6.33. The molecule has 0 aliphatic carbocycles. The molecule has 0 aromatic heterocycles. The Kier molecular flexibility index (Phi) is 18.2. The molecule has 0 amide bonds. The van der Waals surface area contributed by atoms with Gasteiger partial charge in [-0.2, -0.15) is 0 Å². The van der Waals surface area contributed by atoms with Crippen molar-refractivity contribution in [3.8, 4) is 0 Å². The van der Waals surface area contributed by atoms with Crippen LogP contribution in [-0.2, 0) is 9.13 Å². The number of hydrogen-bond donors (Lipinski definition) is 6. The summed E-state index contributed by atoms with van der Waals surface area (Å²) < 4.78 is 28.6. The Morgan fingerprint density at radius 2 is 0.714 bits per heavy atom. The molecule has 6 N–H and O–H groups in total. The Labute approximate surface area is 168 Å². The summed E-state index contributed by atoms with van der Waals surface area (Å²) >= 11 is 0. The van der Waals surface area contributed by atoms with Crippen LogP contribution in [0.3, 0.4) is 0 Å². The molecule has 0 saturated carbocycles. The largest absolute Gasteiger partial charge is 0.395 e. The SMILES string of the molecule is CP(=O)(N(CCO)CCO)N(CCO)CCO.CP(C)(=O)N(CCO)CCO. The van der Waals surface area contributed by atoms with E-state index in [1.165, 1.54) is 16.0 Å². The van der Waals surface area contributed by atoms with Crippen molar-refractivity contribution in [1.29, 1.82) is 0 Å². The number of aliphatic hydroxyl groups excluding tert-OH is 6. The first-order valence-electron chi connectivity index (χ1n) is 9.10. The van der Waals surface area contributed by atoms with Crippen LogP contribution in [0, 0.1) is 0 Å². The smallest absolute Gasteiger partial charge is 0.213 e. The fraction of sp³-hybridized carbons (Fsp3) is 1.00. The van der Waals surface area contributed by atoms with Crippen LogP contribution in [-0.4, -0.2) is 144 Å². The van der Waals surface area contributed by atoms with Gasteiger partial charge in [-0.25, -0.2) is 14.0 Å². The van der Waals surface area contributed by atoms with Gasteiger partial charge in [0.05, 0.1) is 39.6 Å². The number of hydrogen-bond acceptors (Lipinski definition) is 8. The molecule has 28 heavy (non-hydrogen) atoms. The van der Waals surface area contributed by atoms with Gasteiger partial charge in [-0.15, -0.1) is 0 Å². The summed E-state index contributed by atoms with van der Waals surface area (Å²) in [5.74, 6) is 0. The van der Waals surface area contributed by atoms with Crippen LogP contribution in [0.4, 0.5) is 0 Å². The summed E-state index contributed by atoms with van der Waals surface area (Å²) in [5, 5.41) is 52.8. The molecular formula is C15H39N3O8P2. The molecule has 0 radical (unpaired) electrons. The standard InChI is InChI=1S/C9H23N2O5P.C6H16NO3P/c1-17(16,10(2-6-12)3-7-13)11(4-8-14)5-9-15;1-11(2,10)7(3-5-8)4-6-9/h12-15H,2-9H2,1H3;8-9H,3-6H2,1-2H3. The first-order valence-corrected chi connectivity index (χ1v) is 13.7. The highest BCUT2D eigenvalue weighted by Crippen LogP contribution is 2.48. The van der Waals surface area contributed by atoms with Crippen molar-refractivity contribution in [2.45, 2.75) is 0 Å². The molecule has 0 fully saturated rings. The highest BCUT2D eigenvalue weighted by Gasteiger charge is 2.31. The van der Waals surface area contributed by atoms with Crippen molar-refractivity contribution in [2.75, 3.05) is 98.9 Å². The average molecular weight is 451 g/mol. The van der Waals surface area contributed by atoms with Crippen LogP contribution in [0.1, 0.15) is 0 Å². The molecule has 0 spiro atoms. The average Bonchev–Trinajstić information content (AvgIpc) is 2.61. The molecule has 172 valence electrons. The molecule has 0 saturated heterocycles. The minimum absolute atomic E-state index is 0.0222. The topological polar surface area (TPSA) is 165 Å². The van der Waals surface area contributed by atoms with E-state index in [2.05, 4.69) is 0 Å². The first-order chi connectivity index (χ1) is 13.1. The Hall–Kier alpha value is 0.1000. The Balaban J connectivity index is 0. The van der Waals surface area contributed by atoms with Crippen molar-refractivity contribution in [3.63, 3.8) is 0 Å². The Bertz CT molecular complexity index is 429. The molecule has 0 aromatic rings. The Morgan fingerprint density at radius 3 is 0.893 bits per heavy atom. The molecule has 0 unspecified atom stereocenters. The zero-order valence-electron chi connectivity index (χ0n) is 17.2. The minimum atomic E-state index is -2.95. The molecule has 0 aromatic carbocycles. The van der Waals surface area contributed by atoms with Crippen molar-refractivity contribution in [3.05, 3.63) is 0 Å². The summed E-state index contributed by atoms with van der Waals surface area (Å²) in [4.78, 5) is 0. The van der Waals surface area contributed by atoms with Crippen LogP contribution in [0.2, 0.25) is 0 Å². The molecule has 0 aliphatic heterocycles. The summed E-state index contributed by atoms with van der Waals surface area (Å²) in [6.07, 6.45) is 0. The predicted octanol–water partition coefficient (Wildman–Crippen LogP) is -1.81. The molecule has 0 rings (SSSR count). The second kappa shape index (κ2) is 16.8. The Morgan fingerprint density at radius 1 is 0.500 bits per heavy atom. The second-order valence-corrected chi connectivity index (χ2v) is 12.3. The van der Waals surface area contributed by atoms with Gasteiger partial charge in [0.2, 0.25) is 7.44 Å². The molecule has 13 heteroatoms. The summed E-state index contributed by atoms with van der Waals surface area (Å²) in [6, 6.07) is 0. The normalized spacial score (nSPS) is 12.6. The van der Waals surface area contributed by atoms with Gasteiger partial charge in [-0.1, -0.05) is 0 Å². The quantitative estimate of drug-likeness (QED) is 0.156. The lowest BCUT2D eigenvalue weighted by atomic mass is 10.6. The van der Waals surface area contributed by atoms with Crippen molar-refractivity contribution in [1.82, 2.24) is 14.0 Å². The molecule has 0 atom stereocenters. The van der Waals surface area contributed by atoms with Gasteiger partial charge >= 0.3 is 0 Å². The van der Waals surface area contributed by atoms with Gasteiger partial charge in [0.1, 0.15) is 7.29 Å². The summed E-state index contributed by atoms with van der Waals surface area (Å²) in [6.45, 7) is 5.52. The first kappa shape index (κ1) is 30.3. The molecule has 0 bridgehead atoms. The molecule has 0 aliphatic rings. The van der Waals surface area contributed by atoms with Crippen LogP contribution >= 0.6 is 14.7 Å². The van der Waals surface area contributed by atoms with Crippen LogP contribution in [0.25, 0.3) is 0 Å². The monoisotopic (exact) mass is 451 g/mol. The molecule has 0 heterocycles. The maximum absolute atomic E-state index is 12.6. The van der Waals surface area contributed by atoms with E-state index in [-0.39, 0.29) is 65.8 Å². The van der Waals surface area contributed by atoms with Crippen molar-refractivity contribution >= 4 is 14.7 Å². The number of nitrogens with zero attached hydrogens (tertiary/aromatic N) is 3. The van der Waals surface area contributed by atoms with Gasteiger partial charge in [0.15, 0.2) is 0 Å². The lowest BCUT2D eigenvalue weighted by molar-refractivity contribution is 0.187. The van der Waals surface area contributed by atoms with E-state index in [1.54, 1.807) is 18.0 Å². The molecular weight excluding hydrogens is 412 g/mol. The number of aliphatic hydroxyl groups is 6. The van der Waals surface area contributed by atoms with Gasteiger partial charge < -0.3 is 35.2 Å². The van der Waals surface area contributed by atoms with E-state index < -0.39 is 14.7 Å². The summed E-state index contributed by atoms with van der Waals surface area (Å²) in [5.41, 5.74) is 0. The van der Waals surface area contributed by atoms with Crippen LogP contribution in [0.5, 0.6) is 0 Å². The van der Waals surface area contributed by atoms with Crippen LogP contribution < -0.4 is 0 Å². The maximum atomic E-state index is 12.6. The van der Waals surface area contributed by atoms with E-state index in [9.17, 15) is 9.13 Å². The summed E-state index contributed by atoms with van der Waals surface area (Å²) in [7, 11) is -5.25. The number of rotatable bonds is 15. The van der Waals surface area contributed by atoms with Gasteiger partial charge in [-0.05, 0) is 0 Å². The van der Waals surface area contributed by atoms with E-state index in [0.717, 1.165) is 0 Å². The van der Waals surface area contributed by atoms with Gasteiger partial charge in [0.25, 0.3) is 0 Å². The van der Waals surface area contributed by atoms with E-state index in [1.807, 2.05) is 0 Å². The van der Waals surface area contributed by atoms with E-state index in [4.69, 9.17) is 30.6 Å². The van der Waals surface area contributed by atoms with Gasteiger partial charge in [0, 0.05) is 59.3 Å². The third-order valence-electron chi connectivity index (χ3n) is 3.88. The fourth-order valence-corrected chi connectivity index (χ4v) is 5.77. The molecule has 11 nitrogen and oxygen atoms in total. The highest BCUT2D eigenvalue weighted by atomic mass is 31.2. The van der Waals surface area contributed by atoms with Crippen LogP contribution in [0.15, 0.2) is 0 Å². The lowest BCUT2D eigenvalue weighted by Gasteiger charge is -2.36. The minimum Gasteiger partial charge on any atom is -0.395 e. The third-order valence-corrected chi connectivity index (χ3v) is 8.54. The zero-order chi connectivity index (χ0) is 22.2. The van der Waals surface area contributed by atoms with Crippen molar-refractivity contribution in [2.24, 2.45) is 0 Å². The predicted molar refractivity (Wildman–Crippen MR) is 110 cm³/mol. The third kappa shape index (κ3) is 12.6. The van der Waals surface area contributed by atoms with Crippen molar-refractivity contribution < 1.29 is 39.8 Å². The maximum Gasteiger partial charge on any atom is 0.213 e. The highest BCUT2D eigenvalue weighted by molar-refractivity contribution is 7.59. The van der Waals surface area contributed by atoms with E-state index >= 15 is 0 Å². The lowest BCUT2D eigenvalue weighted by Crippen LogP contribution is -2.37.